The number of aromatic nitrogens is 1. The number of halogens is 1. The Morgan fingerprint density at radius 1 is 0.853 bits per heavy atom. The van der Waals surface area contributed by atoms with E-state index in [0.717, 1.165) is 11.1 Å². The van der Waals surface area contributed by atoms with Crippen molar-refractivity contribution >= 4 is 23.4 Å². The summed E-state index contributed by atoms with van der Waals surface area (Å²) in [6.07, 6.45) is 3.00. The summed E-state index contributed by atoms with van der Waals surface area (Å²) in [4.78, 5) is 39.6. The highest BCUT2D eigenvalue weighted by Gasteiger charge is 2.25. The predicted molar refractivity (Wildman–Crippen MR) is 136 cm³/mol. The molecule has 0 bridgehead atoms. The molecule has 0 aliphatic carbocycles. The zero-order valence-corrected chi connectivity index (χ0v) is 20.8. The molecule has 2 aromatic carbocycles. The van der Waals surface area contributed by atoms with Crippen LogP contribution in [0.2, 0.25) is 5.02 Å². The molecule has 178 valence electrons. The van der Waals surface area contributed by atoms with Gasteiger partial charge in [-0.05, 0) is 57.9 Å². The molecule has 0 saturated heterocycles. The van der Waals surface area contributed by atoms with Crippen molar-refractivity contribution in [3.63, 3.8) is 0 Å². The van der Waals surface area contributed by atoms with Gasteiger partial charge in [0.25, 0.3) is 11.8 Å². The number of hydrogen-bond donors (Lipinski definition) is 2. The van der Waals surface area contributed by atoms with Gasteiger partial charge in [0, 0.05) is 29.0 Å². The first-order valence-electron chi connectivity index (χ1n) is 11.2. The summed E-state index contributed by atoms with van der Waals surface area (Å²) < 4.78 is 1.70. The molecule has 3 aromatic rings. The molecule has 1 aromatic heterocycles. The van der Waals surface area contributed by atoms with Crippen molar-refractivity contribution in [1.29, 1.82) is 0 Å². The second kappa shape index (κ2) is 10.3. The fraction of sp³-hybridized carbons (Fsp3) is 0.296. The van der Waals surface area contributed by atoms with Gasteiger partial charge in [0.1, 0.15) is 11.1 Å². The van der Waals surface area contributed by atoms with Crippen molar-refractivity contribution < 1.29 is 9.59 Å². The molecule has 0 unspecified atom stereocenters. The molecule has 2 N–H and O–H groups in total. The molecule has 1 atom stereocenters. The molecule has 1 heterocycles. The summed E-state index contributed by atoms with van der Waals surface area (Å²) in [7, 11) is 0. The van der Waals surface area contributed by atoms with E-state index in [1.807, 2.05) is 77.1 Å². The average Bonchev–Trinajstić information content (AvgIpc) is 2.77. The minimum absolute atomic E-state index is 0.0606. The Hall–Kier alpha value is -3.38. The monoisotopic (exact) mass is 479 g/mol. The van der Waals surface area contributed by atoms with Gasteiger partial charge in [0.05, 0.1) is 6.04 Å². The highest BCUT2D eigenvalue weighted by molar-refractivity contribution is 6.30. The third-order valence-electron chi connectivity index (χ3n) is 5.23. The lowest BCUT2D eigenvalue weighted by Crippen LogP contribution is -2.43. The van der Waals surface area contributed by atoms with E-state index in [0.29, 0.717) is 5.02 Å². The molecule has 0 saturated carbocycles. The van der Waals surface area contributed by atoms with Gasteiger partial charge in [-0.3, -0.25) is 14.4 Å². The van der Waals surface area contributed by atoms with Crippen molar-refractivity contribution in [2.75, 3.05) is 0 Å². The van der Waals surface area contributed by atoms with Gasteiger partial charge in [0.2, 0.25) is 5.43 Å². The molecule has 34 heavy (non-hydrogen) atoms. The third kappa shape index (κ3) is 6.14. The first kappa shape index (κ1) is 25.2. The average molecular weight is 480 g/mol. The zero-order chi connectivity index (χ0) is 25.0. The molecule has 2 amide bonds. The van der Waals surface area contributed by atoms with Gasteiger partial charge in [0.15, 0.2) is 0 Å². The smallest absolute Gasteiger partial charge is 0.257 e. The quantitative estimate of drug-likeness (QED) is 0.514. The minimum atomic E-state index is -0.612. The van der Waals surface area contributed by atoms with Crippen LogP contribution in [-0.4, -0.2) is 21.9 Å². The maximum absolute atomic E-state index is 13.4. The first-order chi connectivity index (χ1) is 16.0. The van der Waals surface area contributed by atoms with E-state index in [4.69, 9.17) is 11.6 Å². The Labute approximate surface area is 205 Å². The summed E-state index contributed by atoms with van der Waals surface area (Å²) in [5.74, 6) is -1.08. The van der Waals surface area contributed by atoms with Crippen LogP contribution in [0.1, 0.15) is 78.5 Å². The molecule has 7 heteroatoms. The molecular weight excluding hydrogens is 450 g/mol. The Balaban J connectivity index is 2.05. The standard InChI is InChI=1S/C27H30ClN3O3/c1-17(2)31-15-21(24(32)22(16-31)26(34)30-27(3,4)5)25(33)29-23(18-9-7-6-8-10-18)19-11-13-20(28)14-12-19/h6-17,23H,1-5H3,(H,29,33)(H,30,34)/t23-/m1/s1. The van der Waals surface area contributed by atoms with Crippen LogP contribution in [0.5, 0.6) is 0 Å². The summed E-state index contributed by atoms with van der Waals surface area (Å²) in [6.45, 7) is 9.33. The van der Waals surface area contributed by atoms with Crippen molar-refractivity contribution in [3.05, 3.63) is 104 Å². The number of pyridine rings is 1. The van der Waals surface area contributed by atoms with Gasteiger partial charge in [-0.1, -0.05) is 54.1 Å². The van der Waals surface area contributed by atoms with Gasteiger partial charge in [-0.25, -0.2) is 0 Å². The minimum Gasteiger partial charge on any atom is -0.350 e. The number of amides is 2. The van der Waals surface area contributed by atoms with Crippen LogP contribution < -0.4 is 16.1 Å². The zero-order valence-electron chi connectivity index (χ0n) is 20.1. The number of nitrogens with zero attached hydrogens (tertiary/aromatic N) is 1. The Kier molecular flexibility index (Phi) is 7.62. The third-order valence-corrected chi connectivity index (χ3v) is 5.48. The van der Waals surface area contributed by atoms with Crippen molar-refractivity contribution in [3.8, 4) is 0 Å². The topological polar surface area (TPSA) is 80.2 Å². The molecule has 0 fully saturated rings. The molecule has 0 aliphatic rings. The largest absolute Gasteiger partial charge is 0.350 e. The Morgan fingerprint density at radius 2 is 1.38 bits per heavy atom. The van der Waals surface area contributed by atoms with Crippen LogP contribution in [0, 0.1) is 0 Å². The van der Waals surface area contributed by atoms with Crippen LogP contribution in [0.3, 0.4) is 0 Å². The van der Waals surface area contributed by atoms with Crippen LogP contribution in [0.25, 0.3) is 0 Å². The molecular formula is C27H30ClN3O3. The maximum atomic E-state index is 13.4. The summed E-state index contributed by atoms with van der Waals surface area (Å²) in [5, 5.41) is 6.37. The number of rotatable bonds is 6. The highest BCUT2D eigenvalue weighted by atomic mass is 35.5. The maximum Gasteiger partial charge on any atom is 0.257 e. The second-order valence-corrected chi connectivity index (χ2v) is 9.96. The highest BCUT2D eigenvalue weighted by Crippen LogP contribution is 2.24. The lowest BCUT2D eigenvalue weighted by molar-refractivity contribution is 0.0917. The van der Waals surface area contributed by atoms with Gasteiger partial charge < -0.3 is 15.2 Å². The molecule has 0 radical (unpaired) electrons. The van der Waals surface area contributed by atoms with Crippen LogP contribution in [-0.2, 0) is 0 Å². The number of carbonyl (C=O) groups excluding carboxylic acids is 2. The van der Waals surface area contributed by atoms with Gasteiger partial charge in [-0.2, -0.15) is 0 Å². The van der Waals surface area contributed by atoms with E-state index in [1.54, 1.807) is 16.7 Å². The van der Waals surface area contributed by atoms with Crippen LogP contribution >= 0.6 is 11.6 Å². The number of hydrogen-bond acceptors (Lipinski definition) is 3. The number of benzene rings is 2. The first-order valence-corrected chi connectivity index (χ1v) is 11.5. The molecule has 6 nitrogen and oxygen atoms in total. The van der Waals surface area contributed by atoms with E-state index >= 15 is 0 Å². The summed E-state index contributed by atoms with van der Waals surface area (Å²) >= 11 is 6.06. The van der Waals surface area contributed by atoms with Crippen LogP contribution in [0.4, 0.5) is 0 Å². The van der Waals surface area contributed by atoms with Crippen molar-refractivity contribution in [1.82, 2.24) is 15.2 Å². The van der Waals surface area contributed by atoms with E-state index in [2.05, 4.69) is 10.6 Å². The number of carbonyl (C=O) groups is 2. The molecule has 0 spiro atoms. The van der Waals surface area contributed by atoms with E-state index < -0.39 is 28.8 Å². The fourth-order valence-corrected chi connectivity index (χ4v) is 3.62. The SMILES string of the molecule is CC(C)n1cc(C(=O)N[C@H](c2ccccc2)c2ccc(Cl)cc2)c(=O)c(C(=O)NC(C)(C)C)c1. The number of nitrogens with one attached hydrogen (secondary N) is 2. The van der Waals surface area contributed by atoms with E-state index in [-0.39, 0.29) is 17.2 Å². The lowest BCUT2D eigenvalue weighted by Gasteiger charge is -2.22. The molecule has 3 rings (SSSR count). The van der Waals surface area contributed by atoms with Crippen LogP contribution in [0.15, 0.2) is 71.8 Å². The fourth-order valence-electron chi connectivity index (χ4n) is 3.50. The Bertz CT molecular complexity index is 1230. The molecule has 0 aliphatic heterocycles. The van der Waals surface area contributed by atoms with Crippen molar-refractivity contribution in [2.24, 2.45) is 0 Å². The normalized spacial score (nSPS) is 12.3. The van der Waals surface area contributed by atoms with Gasteiger partial charge >= 0.3 is 0 Å². The Morgan fingerprint density at radius 3 is 1.91 bits per heavy atom. The summed E-state index contributed by atoms with van der Waals surface area (Å²) in [5.41, 5.74) is 0.360. The van der Waals surface area contributed by atoms with E-state index in [9.17, 15) is 14.4 Å². The lowest BCUT2D eigenvalue weighted by atomic mass is 9.98. The predicted octanol–water partition coefficient (Wildman–Crippen LogP) is 5.13. The van der Waals surface area contributed by atoms with Crippen molar-refractivity contribution in [2.45, 2.75) is 52.2 Å². The second-order valence-electron chi connectivity index (χ2n) is 9.53. The van der Waals surface area contributed by atoms with E-state index in [1.165, 1.54) is 12.4 Å². The van der Waals surface area contributed by atoms with Gasteiger partial charge in [-0.15, -0.1) is 0 Å². The summed E-state index contributed by atoms with van der Waals surface area (Å²) in [6, 6.07) is 16.1.